The van der Waals surface area contributed by atoms with Crippen LogP contribution in [-0.2, 0) is 11.2 Å². The zero-order valence-corrected chi connectivity index (χ0v) is 12.9. The lowest BCUT2D eigenvalue weighted by Crippen LogP contribution is -2.26. The molecule has 0 aliphatic heterocycles. The molecule has 3 heteroatoms. The van der Waals surface area contributed by atoms with Crippen molar-refractivity contribution in [2.75, 3.05) is 13.7 Å². The van der Waals surface area contributed by atoms with Gasteiger partial charge in [0, 0.05) is 13.0 Å². The molecule has 0 heterocycles. The summed E-state index contributed by atoms with van der Waals surface area (Å²) in [5.41, 5.74) is 2.88. The Hall–Kier alpha value is -1.51. The third kappa shape index (κ3) is 3.78. The number of fused-ring (bicyclic) bond motifs is 1. The Bertz CT molecular complexity index is 508. The lowest BCUT2D eigenvalue weighted by molar-refractivity contribution is -0.121. The van der Waals surface area contributed by atoms with E-state index in [1.807, 2.05) is 0 Å². The minimum absolute atomic E-state index is 0.239. The molecular formula is C18H25NO2. The van der Waals surface area contributed by atoms with E-state index in [1.54, 1.807) is 7.11 Å². The molecule has 114 valence electrons. The molecule has 2 aliphatic rings. The first-order chi connectivity index (χ1) is 10.3. The van der Waals surface area contributed by atoms with Crippen molar-refractivity contribution in [2.45, 2.75) is 50.9 Å². The van der Waals surface area contributed by atoms with Crippen molar-refractivity contribution < 1.29 is 9.53 Å². The molecular weight excluding hydrogens is 262 g/mol. The van der Waals surface area contributed by atoms with Crippen LogP contribution in [0.25, 0.3) is 0 Å². The number of hydrogen-bond acceptors (Lipinski definition) is 2. The predicted octanol–water partition coefficient (Wildman–Crippen LogP) is 3.42. The van der Waals surface area contributed by atoms with Gasteiger partial charge in [-0.1, -0.05) is 6.07 Å². The number of methoxy groups -OCH3 is 1. The van der Waals surface area contributed by atoms with E-state index in [1.165, 1.54) is 36.8 Å². The van der Waals surface area contributed by atoms with Crippen molar-refractivity contribution in [3.63, 3.8) is 0 Å². The summed E-state index contributed by atoms with van der Waals surface area (Å²) in [5.74, 6) is 2.45. The van der Waals surface area contributed by atoms with Crippen LogP contribution >= 0.6 is 0 Å². The number of amides is 1. The molecule has 2 aliphatic carbocycles. The SMILES string of the molecule is COc1ccc2c(c1)CCCC2CCNC(=O)CC1CC1. The smallest absolute Gasteiger partial charge is 0.220 e. The lowest BCUT2D eigenvalue weighted by Gasteiger charge is -2.26. The number of rotatable bonds is 6. The highest BCUT2D eigenvalue weighted by atomic mass is 16.5. The third-order valence-corrected chi connectivity index (χ3v) is 4.77. The first-order valence-electron chi connectivity index (χ1n) is 8.20. The second-order valence-electron chi connectivity index (χ2n) is 6.44. The Labute approximate surface area is 127 Å². The minimum atomic E-state index is 0.239. The highest BCUT2D eigenvalue weighted by Crippen LogP contribution is 2.35. The second kappa shape index (κ2) is 6.50. The topological polar surface area (TPSA) is 38.3 Å². The molecule has 1 aromatic carbocycles. The number of nitrogens with one attached hydrogen (secondary N) is 1. The third-order valence-electron chi connectivity index (χ3n) is 4.77. The normalized spacial score (nSPS) is 20.7. The van der Waals surface area contributed by atoms with Crippen molar-refractivity contribution >= 4 is 5.91 Å². The van der Waals surface area contributed by atoms with Crippen LogP contribution in [0.3, 0.4) is 0 Å². The Balaban J connectivity index is 1.53. The van der Waals surface area contributed by atoms with Crippen molar-refractivity contribution in [3.8, 4) is 5.75 Å². The summed E-state index contributed by atoms with van der Waals surface area (Å²) >= 11 is 0. The van der Waals surface area contributed by atoms with E-state index >= 15 is 0 Å². The summed E-state index contributed by atoms with van der Waals surface area (Å²) in [6, 6.07) is 6.44. The zero-order chi connectivity index (χ0) is 14.7. The fourth-order valence-electron chi connectivity index (χ4n) is 3.36. The molecule has 1 N–H and O–H groups in total. The Morgan fingerprint density at radius 2 is 2.19 bits per heavy atom. The molecule has 0 spiro atoms. The van der Waals surface area contributed by atoms with Crippen LogP contribution < -0.4 is 10.1 Å². The highest BCUT2D eigenvalue weighted by Gasteiger charge is 2.24. The van der Waals surface area contributed by atoms with Gasteiger partial charge in [-0.25, -0.2) is 0 Å². The zero-order valence-electron chi connectivity index (χ0n) is 12.9. The van der Waals surface area contributed by atoms with Gasteiger partial charge in [0.05, 0.1) is 7.11 Å². The maximum absolute atomic E-state index is 11.7. The molecule has 0 aromatic heterocycles. The van der Waals surface area contributed by atoms with E-state index < -0.39 is 0 Å². The van der Waals surface area contributed by atoms with E-state index in [0.29, 0.717) is 11.8 Å². The highest BCUT2D eigenvalue weighted by molar-refractivity contribution is 5.76. The van der Waals surface area contributed by atoms with Crippen molar-refractivity contribution in [3.05, 3.63) is 29.3 Å². The van der Waals surface area contributed by atoms with Gasteiger partial charge in [-0.3, -0.25) is 4.79 Å². The van der Waals surface area contributed by atoms with Crippen LogP contribution in [0.4, 0.5) is 0 Å². The fraction of sp³-hybridized carbons (Fsp3) is 0.611. The van der Waals surface area contributed by atoms with E-state index in [2.05, 4.69) is 23.5 Å². The predicted molar refractivity (Wildman–Crippen MR) is 83.6 cm³/mol. The van der Waals surface area contributed by atoms with Crippen molar-refractivity contribution in [1.82, 2.24) is 5.32 Å². The quantitative estimate of drug-likeness (QED) is 0.870. The van der Waals surface area contributed by atoms with Gasteiger partial charge in [-0.15, -0.1) is 0 Å². The summed E-state index contributed by atoms with van der Waals surface area (Å²) in [4.78, 5) is 11.7. The number of hydrogen-bond donors (Lipinski definition) is 1. The van der Waals surface area contributed by atoms with Gasteiger partial charge >= 0.3 is 0 Å². The van der Waals surface area contributed by atoms with Gasteiger partial charge < -0.3 is 10.1 Å². The standard InChI is InChI=1S/C18H25NO2/c1-21-16-7-8-17-14(3-2-4-15(17)12-16)9-10-19-18(20)11-13-5-6-13/h7-8,12-14H,2-6,9-11H2,1H3,(H,19,20). The molecule has 1 saturated carbocycles. The van der Waals surface area contributed by atoms with Gasteiger partial charge in [-0.2, -0.15) is 0 Å². The Morgan fingerprint density at radius 3 is 2.95 bits per heavy atom. The van der Waals surface area contributed by atoms with E-state index in [-0.39, 0.29) is 5.91 Å². The van der Waals surface area contributed by atoms with Crippen LogP contribution in [0.1, 0.15) is 55.6 Å². The molecule has 21 heavy (non-hydrogen) atoms. The van der Waals surface area contributed by atoms with Crippen LogP contribution in [0.2, 0.25) is 0 Å². The van der Waals surface area contributed by atoms with E-state index in [9.17, 15) is 4.79 Å². The number of benzene rings is 1. The average Bonchev–Trinajstić information content (AvgIpc) is 3.30. The summed E-state index contributed by atoms with van der Waals surface area (Å²) in [7, 11) is 1.72. The summed E-state index contributed by atoms with van der Waals surface area (Å²) in [6.45, 7) is 0.807. The molecule has 0 bridgehead atoms. The van der Waals surface area contributed by atoms with Gasteiger partial charge in [0.2, 0.25) is 5.91 Å². The Kier molecular flexibility index (Phi) is 4.47. The average molecular weight is 287 g/mol. The second-order valence-corrected chi connectivity index (χ2v) is 6.44. The van der Waals surface area contributed by atoms with Crippen LogP contribution in [0.5, 0.6) is 5.75 Å². The summed E-state index contributed by atoms with van der Waals surface area (Å²) in [5, 5.41) is 3.09. The lowest BCUT2D eigenvalue weighted by atomic mass is 9.81. The first kappa shape index (κ1) is 14.4. The molecule has 3 rings (SSSR count). The largest absolute Gasteiger partial charge is 0.497 e. The molecule has 1 fully saturated rings. The van der Waals surface area contributed by atoms with Gasteiger partial charge in [-0.05, 0) is 73.6 Å². The molecule has 1 unspecified atom stereocenters. The number of carbonyl (C=O) groups is 1. The molecule has 1 amide bonds. The maximum Gasteiger partial charge on any atom is 0.220 e. The number of ether oxygens (including phenoxy) is 1. The minimum Gasteiger partial charge on any atom is -0.497 e. The van der Waals surface area contributed by atoms with Crippen LogP contribution in [-0.4, -0.2) is 19.6 Å². The molecule has 3 nitrogen and oxygen atoms in total. The Morgan fingerprint density at radius 1 is 1.33 bits per heavy atom. The molecule has 0 saturated heterocycles. The maximum atomic E-state index is 11.7. The van der Waals surface area contributed by atoms with Crippen molar-refractivity contribution in [2.24, 2.45) is 5.92 Å². The summed E-state index contributed by atoms with van der Waals surface area (Å²) in [6.07, 6.45) is 7.89. The summed E-state index contributed by atoms with van der Waals surface area (Å²) < 4.78 is 5.31. The van der Waals surface area contributed by atoms with Crippen LogP contribution in [0, 0.1) is 5.92 Å². The van der Waals surface area contributed by atoms with E-state index in [0.717, 1.165) is 31.6 Å². The number of carbonyl (C=O) groups excluding carboxylic acids is 1. The van der Waals surface area contributed by atoms with E-state index in [4.69, 9.17) is 4.74 Å². The fourth-order valence-corrected chi connectivity index (χ4v) is 3.36. The van der Waals surface area contributed by atoms with Crippen molar-refractivity contribution in [1.29, 1.82) is 0 Å². The molecule has 0 radical (unpaired) electrons. The number of aryl methyl sites for hydroxylation is 1. The van der Waals surface area contributed by atoms with Gasteiger partial charge in [0.15, 0.2) is 0 Å². The van der Waals surface area contributed by atoms with Gasteiger partial charge in [0.25, 0.3) is 0 Å². The van der Waals surface area contributed by atoms with Crippen LogP contribution in [0.15, 0.2) is 18.2 Å². The monoisotopic (exact) mass is 287 g/mol. The van der Waals surface area contributed by atoms with Gasteiger partial charge in [0.1, 0.15) is 5.75 Å². The molecule has 1 atom stereocenters. The molecule has 1 aromatic rings. The first-order valence-corrected chi connectivity index (χ1v) is 8.20.